The summed E-state index contributed by atoms with van der Waals surface area (Å²) in [7, 11) is 0. The minimum absolute atomic E-state index is 0.134. The Bertz CT molecular complexity index is 1380. The van der Waals surface area contributed by atoms with Crippen molar-refractivity contribution in [2.75, 3.05) is 10.6 Å². The number of nitrogens with zero attached hydrogens (tertiary/aromatic N) is 1. The van der Waals surface area contributed by atoms with E-state index in [0.29, 0.717) is 28.4 Å². The number of rotatable bonds is 3. The van der Waals surface area contributed by atoms with E-state index in [2.05, 4.69) is 15.6 Å². The van der Waals surface area contributed by atoms with Gasteiger partial charge in [0.1, 0.15) is 0 Å². The smallest absolute Gasteiger partial charge is 0.321 e. The van der Waals surface area contributed by atoms with Crippen molar-refractivity contribution in [3.63, 3.8) is 0 Å². The van der Waals surface area contributed by atoms with Crippen LogP contribution in [0.3, 0.4) is 0 Å². The molecule has 5 rings (SSSR count). The van der Waals surface area contributed by atoms with Gasteiger partial charge in [-0.15, -0.1) is 0 Å². The Labute approximate surface area is 189 Å². The molecule has 2 aromatic rings. The highest BCUT2D eigenvalue weighted by Gasteiger charge is 2.22. The van der Waals surface area contributed by atoms with Crippen molar-refractivity contribution in [3.8, 4) is 11.3 Å². The zero-order valence-corrected chi connectivity index (χ0v) is 17.7. The summed E-state index contributed by atoms with van der Waals surface area (Å²) in [5.74, 6) is 0. The van der Waals surface area contributed by atoms with E-state index < -0.39 is 0 Å². The number of hydrogen-bond acceptors (Lipinski definition) is 3. The molecule has 3 aliphatic rings. The molecule has 1 aliphatic carbocycles. The number of benzene rings is 2. The van der Waals surface area contributed by atoms with E-state index >= 15 is 0 Å². The number of aromatic nitrogens is 1. The van der Waals surface area contributed by atoms with E-state index in [1.807, 2.05) is 48.5 Å². The van der Waals surface area contributed by atoms with Crippen LogP contribution in [0.25, 0.3) is 11.3 Å². The van der Waals surface area contributed by atoms with E-state index in [1.54, 1.807) is 24.3 Å². The molecule has 0 radical (unpaired) electrons. The Balaban J connectivity index is 1.41. The summed E-state index contributed by atoms with van der Waals surface area (Å²) in [6, 6.07) is 21.7. The Morgan fingerprint density at radius 1 is 0.906 bits per heavy atom. The molecular formula is C25H19ClN4O2. The maximum atomic E-state index is 12.6. The van der Waals surface area contributed by atoms with Crippen molar-refractivity contribution in [2.24, 2.45) is 4.99 Å². The average molecular weight is 443 g/mol. The number of hydrogen-bond donors (Lipinski definition) is 3. The number of aryl methyl sites for hydroxylation is 1. The molecule has 158 valence electrons. The SMILES string of the molecule is O=C(Nc1ccc(Cl)cc1)Nc1ccc2c(c1)N=C(c1c3cccccc-3[nH]c1=O)CC2. The first-order chi connectivity index (χ1) is 15.6. The number of carbonyl (C=O) groups excluding carboxylic acids is 1. The summed E-state index contributed by atoms with van der Waals surface area (Å²) in [5, 5.41) is 6.20. The Hall–Kier alpha value is -3.90. The number of nitrogens with one attached hydrogen (secondary N) is 3. The summed E-state index contributed by atoms with van der Waals surface area (Å²) in [4.78, 5) is 32.7. The number of carbonyl (C=O) groups is 1. The fourth-order valence-electron chi connectivity index (χ4n) is 3.89. The van der Waals surface area contributed by atoms with Crippen LogP contribution in [0.2, 0.25) is 5.02 Å². The van der Waals surface area contributed by atoms with Crippen LogP contribution in [-0.2, 0) is 6.42 Å². The van der Waals surface area contributed by atoms with Crippen LogP contribution in [0.5, 0.6) is 0 Å². The Morgan fingerprint density at radius 2 is 1.66 bits per heavy atom. The number of aromatic amines is 1. The number of urea groups is 1. The van der Waals surface area contributed by atoms with E-state index in [9.17, 15) is 9.59 Å². The van der Waals surface area contributed by atoms with E-state index in [0.717, 1.165) is 34.6 Å². The molecule has 3 N–H and O–H groups in total. The second-order valence-corrected chi connectivity index (χ2v) is 7.99. The standard InChI is InChI=1S/C25H19ClN4O2/c26-16-8-11-17(12-9-16)27-25(32)28-18-10-6-15-7-13-21(29-22(15)14-18)23-19-4-2-1-3-5-20(19)30-24(23)31/h1-6,8-12,14H,7,13H2,(H,30,31)(H2,27,28,32). The third-order valence-corrected chi connectivity index (χ3v) is 5.66. The van der Waals surface area contributed by atoms with Crippen molar-refractivity contribution in [2.45, 2.75) is 12.8 Å². The predicted molar refractivity (Wildman–Crippen MR) is 129 cm³/mol. The number of amides is 2. The van der Waals surface area contributed by atoms with Gasteiger partial charge in [0.15, 0.2) is 0 Å². The fourth-order valence-corrected chi connectivity index (χ4v) is 4.01. The minimum Gasteiger partial charge on any atom is -0.321 e. The maximum Gasteiger partial charge on any atom is 0.323 e. The second kappa shape index (κ2) is 8.32. The first-order valence-corrected chi connectivity index (χ1v) is 10.6. The molecule has 0 unspecified atom stereocenters. The van der Waals surface area contributed by atoms with Crippen molar-refractivity contribution < 1.29 is 4.79 Å². The summed E-state index contributed by atoms with van der Waals surface area (Å²) in [6.45, 7) is 0. The number of H-pyrrole nitrogens is 1. The van der Waals surface area contributed by atoms with Gasteiger partial charge in [0.25, 0.3) is 5.56 Å². The van der Waals surface area contributed by atoms with Crippen molar-refractivity contribution in [1.82, 2.24) is 4.98 Å². The molecule has 0 fully saturated rings. The third kappa shape index (κ3) is 4.00. The topological polar surface area (TPSA) is 86.3 Å². The lowest BCUT2D eigenvalue weighted by atomic mass is 9.95. The summed E-state index contributed by atoms with van der Waals surface area (Å²) in [6.07, 6.45) is 1.45. The minimum atomic E-state index is -0.363. The zero-order chi connectivity index (χ0) is 22.1. The van der Waals surface area contributed by atoms with Crippen LogP contribution in [0, 0.1) is 0 Å². The monoisotopic (exact) mass is 442 g/mol. The lowest BCUT2D eigenvalue weighted by molar-refractivity contribution is 0.262. The number of aliphatic imine (C=N–C) groups is 1. The van der Waals surface area contributed by atoms with E-state index in [-0.39, 0.29) is 11.6 Å². The normalized spacial score (nSPS) is 12.7. The highest BCUT2D eigenvalue weighted by Crippen LogP contribution is 2.32. The van der Waals surface area contributed by atoms with Gasteiger partial charge in [0.2, 0.25) is 0 Å². The highest BCUT2D eigenvalue weighted by molar-refractivity contribution is 6.30. The van der Waals surface area contributed by atoms with Gasteiger partial charge in [-0.05, 0) is 60.9 Å². The third-order valence-electron chi connectivity index (χ3n) is 5.40. The first kappa shape index (κ1) is 20.0. The van der Waals surface area contributed by atoms with Gasteiger partial charge in [0.05, 0.1) is 17.0 Å². The van der Waals surface area contributed by atoms with Crippen LogP contribution >= 0.6 is 11.6 Å². The van der Waals surface area contributed by atoms with Gasteiger partial charge in [0, 0.05) is 27.7 Å². The van der Waals surface area contributed by atoms with Gasteiger partial charge in [-0.2, -0.15) is 0 Å². The Morgan fingerprint density at radius 3 is 2.50 bits per heavy atom. The molecule has 2 aromatic carbocycles. The Kier molecular flexibility index (Phi) is 5.21. The van der Waals surface area contributed by atoms with Crippen LogP contribution in [0.15, 0.2) is 82.6 Å². The predicted octanol–water partition coefficient (Wildman–Crippen LogP) is 5.84. The number of anilines is 2. The van der Waals surface area contributed by atoms with Crippen LogP contribution in [0.1, 0.15) is 17.5 Å². The summed E-state index contributed by atoms with van der Waals surface area (Å²) in [5.41, 5.74) is 5.97. The number of halogens is 1. The molecule has 2 heterocycles. The quantitative estimate of drug-likeness (QED) is 0.372. The van der Waals surface area contributed by atoms with E-state index in [1.165, 1.54) is 0 Å². The van der Waals surface area contributed by atoms with Gasteiger partial charge >= 0.3 is 6.03 Å². The molecule has 0 aromatic heterocycles. The largest absolute Gasteiger partial charge is 0.323 e. The van der Waals surface area contributed by atoms with Gasteiger partial charge in [-0.25, -0.2) is 4.79 Å². The van der Waals surface area contributed by atoms with Crippen molar-refractivity contribution in [1.29, 1.82) is 0 Å². The molecule has 32 heavy (non-hydrogen) atoms. The van der Waals surface area contributed by atoms with Crippen molar-refractivity contribution >= 4 is 40.4 Å². The number of fused-ring (bicyclic) bond motifs is 2. The van der Waals surface area contributed by atoms with Crippen LogP contribution < -0.4 is 16.2 Å². The summed E-state index contributed by atoms with van der Waals surface area (Å²) >= 11 is 5.88. The zero-order valence-electron chi connectivity index (χ0n) is 17.0. The van der Waals surface area contributed by atoms with E-state index in [4.69, 9.17) is 16.6 Å². The molecule has 6 nitrogen and oxygen atoms in total. The average Bonchev–Trinajstić information content (AvgIpc) is 2.93. The van der Waals surface area contributed by atoms with Gasteiger partial charge in [-0.3, -0.25) is 9.79 Å². The maximum absolute atomic E-state index is 12.6. The van der Waals surface area contributed by atoms with Crippen LogP contribution in [-0.4, -0.2) is 16.7 Å². The molecule has 0 atom stereocenters. The lowest BCUT2D eigenvalue weighted by Crippen LogP contribution is -2.19. The molecule has 0 saturated heterocycles. The van der Waals surface area contributed by atoms with Crippen LogP contribution in [0.4, 0.5) is 21.9 Å². The van der Waals surface area contributed by atoms with Crippen molar-refractivity contribution in [3.05, 3.63) is 99.3 Å². The molecule has 2 aliphatic heterocycles. The second-order valence-electron chi connectivity index (χ2n) is 7.56. The molecule has 2 amide bonds. The lowest BCUT2D eigenvalue weighted by Gasteiger charge is -2.17. The summed E-state index contributed by atoms with van der Waals surface area (Å²) < 4.78 is 0. The molecule has 7 heteroatoms. The fraction of sp³-hybridized carbons (Fsp3) is 0.0800. The first-order valence-electron chi connectivity index (χ1n) is 10.2. The molecule has 0 spiro atoms. The molecular weight excluding hydrogens is 424 g/mol. The van der Waals surface area contributed by atoms with Gasteiger partial charge < -0.3 is 15.6 Å². The molecule has 0 saturated carbocycles. The molecule has 0 bridgehead atoms. The highest BCUT2D eigenvalue weighted by atomic mass is 35.5. The van der Waals surface area contributed by atoms with Gasteiger partial charge in [-0.1, -0.05) is 41.9 Å².